The van der Waals surface area contributed by atoms with Gasteiger partial charge in [-0.15, -0.1) is 0 Å². The molecule has 1 heterocycles. The standard InChI is InChI=1S/C9H16N4O/c1-4-13(5-2)8-7(10)6-11-12(3)9(8)14/h6H,4-5,10H2,1-3H3. The number of nitrogen functional groups attached to an aromatic ring is 1. The molecule has 0 saturated heterocycles. The Morgan fingerprint density at radius 2 is 2.07 bits per heavy atom. The van der Waals surface area contributed by atoms with E-state index in [9.17, 15) is 4.79 Å². The first-order valence-corrected chi connectivity index (χ1v) is 4.68. The average Bonchev–Trinajstić information content (AvgIpc) is 2.19. The molecule has 14 heavy (non-hydrogen) atoms. The largest absolute Gasteiger partial charge is 0.396 e. The van der Waals surface area contributed by atoms with Gasteiger partial charge in [-0.3, -0.25) is 4.79 Å². The maximum absolute atomic E-state index is 11.7. The second-order valence-electron chi connectivity index (χ2n) is 3.05. The van der Waals surface area contributed by atoms with Crippen molar-refractivity contribution in [2.45, 2.75) is 13.8 Å². The number of hydrogen-bond donors (Lipinski definition) is 1. The topological polar surface area (TPSA) is 64.2 Å². The van der Waals surface area contributed by atoms with Crippen LogP contribution in [-0.4, -0.2) is 22.9 Å². The van der Waals surface area contributed by atoms with E-state index in [2.05, 4.69) is 5.10 Å². The normalized spacial score (nSPS) is 10.2. The van der Waals surface area contributed by atoms with Gasteiger partial charge in [-0.1, -0.05) is 0 Å². The van der Waals surface area contributed by atoms with Crippen LogP contribution in [-0.2, 0) is 7.05 Å². The van der Waals surface area contributed by atoms with Gasteiger partial charge in [0.15, 0.2) is 0 Å². The summed E-state index contributed by atoms with van der Waals surface area (Å²) in [4.78, 5) is 13.7. The van der Waals surface area contributed by atoms with Gasteiger partial charge in [0, 0.05) is 20.1 Å². The molecule has 1 aromatic heterocycles. The van der Waals surface area contributed by atoms with Crippen molar-refractivity contribution in [3.8, 4) is 0 Å². The highest BCUT2D eigenvalue weighted by Crippen LogP contribution is 2.15. The summed E-state index contributed by atoms with van der Waals surface area (Å²) in [6.45, 7) is 5.51. The predicted octanol–water partition coefficient (Wildman–Crippen LogP) is 0.209. The molecule has 1 rings (SSSR count). The fourth-order valence-electron chi connectivity index (χ4n) is 1.40. The lowest BCUT2D eigenvalue weighted by Gasteiger charge is -2.21. The van der Waals surface area contributed by atoms with Gasteiger partial charge in [-0.2, -0.15) is 5.10 Å². The smallest absolute Gasteiger partial charge is 0.292 e. The van der Waals surface area contributed by atoms with Crippen LogP contribution in [0.3, 0.4) is 0 Å². The molecule has 0 bridgehead atoms. The van der Waals surface area contributed by atoms with Crippen molar-refractivity contribution in [3.05, 3.63) is 16.6 Å². The summed E-state index contributed by atoms with van der Waals surface area (Å²) in [5.41, 5.74) is 6.57. The molecule has 5 heteroatoms. The van der Waals surface area contributed by atoms with E-state index in [4.69, 9.17) is 5.73 Å². The van der Waals surface area contributed by atoms with E-state index in [0.717, 1.165) is 13.1 Å². The van der Waals surface area contributed by atoms with Gasteiger partial charge < -0.3 is 10.6 Å². The Hall–Kier alpha value is -1.52. The first-order chi connectivity index (χ1) is 6.61. The van der Waals surface area contributed by atoms with Crippen LogP contribution in [0.4, 0.5) is 11.4 Å². The second-order valence-corrected chi connectivity index (χ2v) is 3.05. The van der Waals surface area contributed by atoms with E-state index >= 15 is 0 Å². The number of nitrogens with zero attached hydrogens (tertiary/aromatic N) is 3. The minimum Gasteiger partial charge on any atom is -0.396 e. The molecule has 1 aromatic rings. The summed E-state index contributed by atoms with van der Waals surface area (Å²) in [6, 6.07) is 0. The van der Waals surface area contributed by atoms with Crippen LogP contribution in [0.25, 0.3) is 0 Å². The van der Waals surface area contributed by atoms with Crippen LogP contribution >= 0.6 is 0 Å². The number of aryl methyl sites for hydroxylation is 1. The molecule has 5 nitrogen and oxygen atoms in total. The van der Waals surface area contributed by atoms with Crippen molar-refractivity contribution in [1.82, 2.24) is 9.78 Å². The van der Waals surface area contributed by atoms with Gasteiger partial charge in [0.1, 0.15) is 5.69 Å². The summed E-state index contributed by atoms with van der Waals surface area (Å²) in [5, 5.41) is 3.84. The van der Waals surface area contributed by atoms with Gasteiger partial charge in [-0.05, 0) is 13.8 Å². The fraction of sp³-hybridized carbons (Fsp3) is 0.556. The number of anilines is 2. The molecule has 0 unspecified atom stereocenters. The number of rotatable bonds is 3. The Balaban J connectivity index is 3.31. The average molecular weight is 196 g/mol. The van der Waals surface area contributed by atoms with Crippen molar-refractivity contribution in [2.75, 3.05) is 23.7 Å². The van der Waals surface area contributed by atoms with E-state index in [1.165, 1.54) is 10.9 Å². The molecular formula is C9H16N4O. The third-order valence-electron chi connectivity index (χ3n) is 2.22. The van der Waals surface area contributed by atoms with Crippen LogP contribution in [0.1, 0.15) is 13.8 Å². The summed E-state index contributed by atoms with van der Waals surface area (Å²) < 4.78 is 1.30. The van der Waals surface area contributed by atoms with Crippen LogP contribution in [0.2, 0.25) is 0 Å². The molecule has 78 valence electrons. The molecule has 0 radical (unpaired) electrons. The third-order valence-corrected chi connectivity index (χ3v) is 2.22. The number of hydrogen-bond acceptors (Lipinski definition) is 4. The Kier molecular flexibility index (Phi) is 3.11. The van der Waals surface area contributed by atoms with Crippen molar-refractivity contribution in [2.24, 2.45) is 7.05 Å². The Morgan fingerprint density at radius 3 is 2.57 bits per heavy atom. The molecule has 0 aromatic carbocycles. The SMILES string of the molecule is CCN(CC)c1c(N)cnn(C)c1=O. The van der Waals surface area contributed by atoms with E-state index in [-0.39, 0.29) is 5.56 Å². The van der Waals surface area contributed by atoms with Crippen molar-refractivity contribution >= 4 is 11.4 Å². The van der Waals surface area contributed by atoms with Gasteiger partial charge in [0.05, 0.1) is 11.9 Å². The van der Waals surface area contributed by atoms with Gasteiger partial charge in [-0.25, -0.2) is 4.68 Å². The molecule has 0 aliphatic carbocycles. The minimum absolute atomic E-state index is 0.145. The third kappa shape index (κ3) is 1.71. The Labute approximate surface area is 83.1 Å². The first kappa shape index (κ1) is 10.6. The first-order valence-electron chi connectivity index (χ1n) is 4.68. The molecule has 0 fully saturated rings. The molecule has 0 atom stereocenters. The summed E-state index contributed by atoms with van der Waals surface area (Å²) in [5.74, 6) is 0. The maximum atomic E-state index is 11.7. The molecule has 0 saturated carbocycles. The molecule has 2 N–H and O–H groups in total. The zero-order valence-corrected chi connectivity index (χ0v) is 8.82. The Morgan fingerprint density at radius 1 is 1.50 bits per heavy atom. The Bertz CT molecular complexity index is 368. The van der Waals surface area contributed by atoms with E-state index in [1.54, 1.807) is 7.05 Å². The monoisotopic (exact) mass is 196 g/mol. The van der Waals surface area contributed by atoms with E-state index < -0.39 is 0 Å². The summed E-state index contributed by atoms with van der Waals surface area (Å²) in [6.07, 6.45) is 1.51. The highest BCUT2D eigenvalue weighted by atomic mass is 16.1. The fourth-order valence-corrected chi connectivity index (χ4v) is 1.40. The van der Waals surface area contributed by atoms with Crippen molar-refractivity contribution in [3.63, 3.8) is 0 Å². The van der Waals surface area contributed by atoms with Crippen LogP contribution in [0.5, 0.6) is 0 Å². The lowest BCUT2D eigenvalue weighted by atomic mass is 10.3. The van der Waals surface area contributed by atoms with Gasteiger partial charge in [0.25, 0.3) is 5.56 Å². The highest BCUT2D eigenvalue weighted by molar-refractivity contribution is 5.64. The second kappa shape index (κ2) is 4.13. The molecule has 0 spiro atoms. The van der Waals surface area contributed by atoms with Crippen molar-refractivity contribution in [1.29, 1.82) is 0 Å². The zero-order valence-electron chi connectivity index (χ0n) is 8.82. The number of aromatic nitrogens is 2. The predicted molar refractivity (Wildman–Crippen MR) is 57.5 cm³/mol. The highest BCUT2D eigenvalue weighted by Gasteiger charge is 2.12. The van der Waals surface area contributed by atoms with Crippen LogP contribution in [0.15, 0.2) is 11.0 Å². The molecule has 0 aliphatic rings. The zero-order chi connectivity index (χ0) is 10.7. The molecular weight excluding hydrogens is 180 g/mol. The maximum Gasteiger partial charge on any atom is 0.292 e. The van der Waals surface area contributed by atoms with Crippen LogP contribution in [0, 0.1) is 0 Å². The van der Waals surface area contributed by atoms with Gasteiger partial charge >= 0.3 is 0 Å². The summed E-state index contributed by atoms with van der Waals surface area (Å²) >= 11 is 0. The molecule has 0 amide bonds. The van der Waals surface area contributed by atoms with Gasteiger partial charge in [0.2, 0.25) is 0 Å². The number of nitrogens with two attached hydrogens (primary N) is 1. The lowest BCUT2D eigenvalue weighted by molar-refractivity contribution is 0.699. The van der Waals surface area contributed by atoms with E-state index in [1.807, 2.05) is 18.7 Å². The minimum atomic E-state index is -0.145. The lowest BCUT2D eigenvalue weighted by Crippen LogP contribution is -2.33. The summed E-state index contributed by atoms with van der Waals surface area (Å²) in [7, 11) is 1.62. The van der Waals surface area contributed by atoms with Crippen molar-refractivity contribution < 1.29 is 0 Å². The van der Waals surface area contributed by atoms with Crippen LogP contribution < -0.4 is 16.2 Å². The molecule has 0 aliphatic heterocycles. The quantitative estimate of drug-likeness (QED) is 0.750. The van der Waals surface area contributed by atoms with E-state index in [0.29, 0.717) is 11.4 Å².